The van der Waals surface area contributed by atoms with Crippen molar-refractivity contribution in [2.45, 2.75) is 13.8 Å². The molecule has 0 unspecified atom stereocenters. The largest absolute Gasteiger partial charge is 0.481 e. The molecule has 0 aliphatic carbocycles. The van der Waals surface area contributed by atoms with Gasteiger partial charge in [-0.15, -0.1) is 0 Å². The highest BCUT2D eigenvalue weighted by Crippen LogP contribution is 2.32. The van der Waals surface area contributed by atoms with Gasteiger partial charge in [-0.25, -0.2) is 0 Å². The monoisotopic (exact) mass is 244 g/mol. The van der Waals surface area contributed by atoms with Crippen molar-refractivity contribution < 1.29 is 9.90 Å². The Morgan fingerprint density at radius 3 is 2.78 bits per heavy atom. The van der Waals surface area contributed by atoms with Crippen LogP contribution in [-0.4, -0.2) is 24.2 Å². The molecule has 0 aromatic heterocycles. The molecule has 18 heavy (non-hydrogen) atoms. The molecule has 1 aliphatic heterocycles. The zero-order valence-corrected chi connectivity index (χ0v) is 10.6. The molecule has 1 aromatic rings. The maximum absolute atomic E-state index is 11.1. The van der Waals surface area contributed by atoms with Crippen molar-refractivity contribution in [1.29, 1.82) is 5.26 Å². The van der Waals surface area contributed by atoms with Crippen LogP contribution in [-0.2, 0) is 4.79 Å². The number of carboxylic acids is 1. The van der Waals surface area contributed by atoms with Gasteiger partial charge in [-0.2, -0.15) is 5.26 Å². The van der Waals surface area contributed by atoms with Crippen LogP contribution in [0.15, 0.2) is 18.2 Å². The van der Waals surface area contributed by atoms with Gasteiger partial charge in [-0.3, -0.25) is 4.79 Å². The van der Waals surface area contributed by atoms with Gasteiger partial charge in [0.05, 0.1) is 17.2 Å². The van der Waals surface area contributed by atoms with Crippen molar-refractivity contribution in [2.75, 3.05) is 18.0 Å². The highest BCUT2D eigenvalue weighted by Gasteiger charge is 2.35. The quantitative estimate of drug-likeness (QED) is 0.864. The van der Waals surface area contributed by atoms with E-state index >= 15 is 0 Å². The second-order valence-corrected chi connectivity index (χ2v) is 4.91. The van der Waals surface area contributed by atoms with Crippen LogP contribution in [0.5, 0.6) is 0 Å². The second-order valence-electron chi connectivity index (χ2n) is 4.91. The third-order valence-electron chi connectivity index (χ3n) is 3.60. The third kappa shape index (κ3) is 2.04. The summed E-state index contributed by atoms with van der Waals surface area (Å²) in [5.74, 6) is -0.998. The average molecular weight is 244 g/mol. The molecule has 1 heterocycles. The molecule has 1 fully saturated rings. The molecule has 0 spiro atoms. The van der Waals surface area contributed by atoms with Gasteiger partial charge >= 0.3 is 5.97 Å². The van der Waals surface area contributed by atoms with Crippen molar-refractivity contribution >= 4 is 11.7 Å². The van der Waals surface area contributed by atoms with Gasteiger partial charge in [-0.1, -0.05) is 19.1 Å². The number of aliphatic carboxylic acids is 1. The summed E-state index contributed by atoms with van der Waals surface area (Å²) >= 11 is 0. The number of nitrogens with zero attached hydrogens (tertiary/aromatic N) is 2. The number of para-hydroxylation sites is 1. The molecule has 4 nitrogen and oxygen atoms in total. The van der Waals surface area contributed by atoms with Crippen LogP contribution in [0.1, 0.15) is 18.1 Å². The Morgan fingerprint density at radius 2 is 2.22 bits per heavy atom. The highest BCUT2D eigenvalue weighted by atomic mass is 16.4. The van der Waals surface area contributed by atoms with E-state index in [4.69, 9.17) is 10.4 Å². The van der Waals surface area contributed by atoms with E-state index in [1.54, 1.807) is 6.07 Å². The number of hydrogen-bond donors (Lipinski definition) is 1. The molecular formula is C14H16N2O2. The van der Waals surface area contributed by atoms with E-state index in [9.17, 15) is 4.79 Å². The first-order valence-corrected chi connectivity index (χ1v) is 6.02. The van der Waals surface area contributed by atoms with E-state index in [0.29, 0.717) is 18.7 Å². The molecule has 0 bridgehead atoms. The molecule has 94 valence electrons. The zero-order valence-electron chi connectivity index (χ0n) is 10.6. The topological polar surface area (TPSA) is 64.3 Å². The van der Waals surface area contributed by atoms with Gasteiger partial charge in [0.2, 0.25) is 0 Å². The van der Waals surface area contributed by atoms with Crippen LogP contribution in [0.4, 0.5) is 5.69 Å². The molecule has 1 N–H and O–H groups in total. The number of benzene rings is 1. The van der Waals surface area contributed by atoms with E-state index in [2.05, 4.69) is 6.07 Å². The number of carbonyl (C=O) groups is 1. The summed E-state index contributed by atoms with van der Waals surface area (Å²) in [6.45, 7) is 5.07. The first-order chi connectivity index (χ1) is 8.54. The van der Waals surface area contributed by atoms with Crippen molar-refractivity contribution in [1.82, 2.24) is 0 Å². The summed E-state index contributed by atoms with van der Waals surface area (Å²) in [7, 11) is 0. The van der Waals surface area contributed by atoms with Crippen LogP contribution in [0.3, 0.4) is 0 Å². The number of nitriles is 1. The fourth-order valence-corrected chi connectivity index (χ4v) is 2.64. The lowest BCUT2D eigenvalue weighted by Gasteiger charge is -2.21. The third-order valence-corrected chi connectivity index (χ3v) is 3.60. The van der Waals surface area contributed by atoms with E-state index in [-0.39, 0.29) is 11.8 Å². The Morgan fingerprint density at radius 1 is 1.50 bits per heavy atom. The van der Waals surface area contributed by atoms with Gasteiger partial charge in [-0.05, 0) is 24.5 Å². The van der Waals surface area contributed by atoms with Crippen LogP contribution < -0.4 is 4.90 Å². The molecular weight excluding hydrogens is 228 g/mol. The van der Waals surface area contributed by atoms with E-state index in [1.807, 2.05) is 30.9 Å². The second kappa shape index (κ2) is 4.69. The molecule has 1 aliphatic rings. The normalized spacial score (nSPS) is 22.8. The minimum absolute atomic E-state index is 0.105. The van der Waals surface area contributed by atoms with Gasteiger partial charge < -0.3 is 10.0 Å². The summed E-state index contributed by atoms with van der Waals surface area (Å²) in [6, 6.07) is 7.77. The summed E-state index contributed by atoms with van der Waals surface area (Å²) < 4.78 is 0. The van der Waals surface area contributed by atoms with Crippen molar-refractivity contribution in [3.8, 4) is 6.07 Å². The van der Waals surface area contributed by atoms with E-state index < -0.39 is 5.97 Å². The lowest BCUT2D eigenvalue weighted by Crippen LogP contribution is -2.24. The van der Waals surface area contributed by atoms with E-state index in [1.165, 1.54) is 0 Å². The van der Waals surface area contributed by atoms with Crippen molar-refractivity contribution in [3.63, 3.8) is 0 Å². The Balaban J connectivity index is 2.35. The van der Waals surface area contributed by atoms with Crippen molar-refractivity contribution in [3.05, 3.63) is 29.3 Å². The predicted molar refractivity (Wildman–Crippen MR) is 68.4 cm³/mol. The Labute approximate surface area is 106 Å². The minimum atomic E-state index is -0.753. The summed E-state index contributed by atoms with van der Waals surface area (Å²) in [6.07, 6.45) is 0. The molecule has 0 amide bonds. The summed E-state index contributed by atoms with van der Waals surface area (Å²) in [5.41, 5.74) is 2.52. The van der Waals surface area contributed by atoms with E-state index in [0.717, 1.165) is 11.3 Å². The maximum Gasteiger partial charge on any atom is 0.308 e. The van der Waals surface area contributed by atoms with Crippen molar-refractivity contribution in [2.24, 2.45) is 11.8 Å². The lowest BCUT2D eigenvalue weighted by atomic mass is 9.99. The average Bonchev–Trinajstić information content (AvgIpc) is 2.70. The molecule has 1 aromatic carbocycles. The highest BCUT2D eigenvalue weighted by molar-refractivity contribution is 5.74. The lowest BCUT2D eigenvalue weighted by molar-refractivity contribution is -0.142. The smallest absolute Gasteiger partial charge is 0.308 e. The molecule has 0 radical (unpaired) electrons. The van der Waals surface area contributed by atoms with Crippen LogP contribution >= 0.6 is 0 Å². The van der Waals surface area contributed by atoms with Crippen LogP contribution in [0.25, 0.3) is 0 Å². The Bertz CT molecular complexity index is 519. The van der Waals surface area contributed by atoms with Crippen LogP contribution in [0, 0.1) is 30.1 Å². The number of carboxylic acid groups (broad SMARTS) is 1. The SMILES string of the molecule is Cc1cccc(C#N)c1N1C[C@@H](C)[C@H](C(=O)O)C1. The molecule has 1 saturated heterocycles. The Hall–Kier alpha value is -2.02. The zero-order chi connectivity index (χ0) is 13.3. The van der Waals surface area contributed by atoms with Crippen LogP contribution in [0.2, 0.25) is 0 Å². The van der Waals surface area contributed by atoms with Gasteiger partial charge in [0.15, 0.2) is 0 Å². The summed E-state index contributed by atoms with van der Waals surface area (Å²) in [5, 5.41) is 18.3. The van der Waals surface area contributed by atoms with Gasteiger partial charge in [0, 0.05) is 13.1 Å². The maximum atomic E-state index is 11.1. The minimum Gasteiger partial charge on any atom is -0.481 e. The molecule has 2 rings (SSSR count). The number of anilines is 1. The first kappa shape index (κ1) is 12.4. The fraction of sp³-hybridized carbons (Fsp3) is 0.429. The molecule has 4 heteroatoms. The standard InChI is InChI=1S/C14H16N2O2/c1-9-4-3-5-11(6-15)13(9)16-7-10(2)12(8-16)14(17)18/h3-5,10,12H,7-8H2,1-2H3,(H,17,18)/t10-,12-/m1/s1. The number of aryl methyl sites for hydroxylation is 1. The predicted octanol–water partition coefficient (Wildman–Crippen LogP) is 2.02. The number of rotatable bonds is 2. The summed E-state index contributed by atoms with van der Waals surface area (Å²) in [4.78, 5) is 13.2. The number of hydrogen-bond acceptors (Lipinski definition) is 3. The Kier molecular flexibility index (Phi) is 3.24. The molecule has 2 atom stereocenters. The first-order valence-electron chi connectivity index (χ1n) is 6.02. The van der Waals surface area contributed by atoms with Gasteiger partial charge in [0.25, 0.3) is 0 Å². The fourth-order valence-electron chi connectivity index (χ4n) is 2.64. The molecule has 0 saturated carbocycles. The van der Waals surface area contributed by atoms with Gasteiger partial charge in [0.1, 0.15) is 6.07 Å².